The van der Waals surface area contributed by atoms with Gasteiger partial charge in [-0.3, -0.25) is 4.68 Å². The Kier molecular flexibility index (Phi) is 6.32. The first kappa shape index (κ1) is 17.5. The van der Waals surface area contributed by atoms with Gasteiger partial charge in [-0.15, -0.1) is 11.3 Å². The summed E-state index contributed by atoms with van der Waals surface area (Å²) in [6, 6.07) is 2.37. The predicted molar refractivity (Wildman–Crippen MR) is 97.5 cm³/mol. The van der Waals surface area contributed by atoms with Gasteiger partial charge >= 0.3 is 0 Å². The predicted octanol–water partition coefficient (Wildman–Crippen LogP) is 5.21. The Hall–Kier alpha value is 0.120. The number of nitrogens with zero attached hydrogens (tertiary/aromatic N) is 2. The minimum absolute atomic E-state index is 0.224. The van der Waals surface area contributed by atoms with Gasteiger partial charge in [-0.2, -0.15) is 5.10 Å². The molecule has 1 atom stereocenters. The molecule has 0 saturated heterocycles. The molecule has 0 amide bonds. The second-order valence-electron chi connectivity index (χ2n) is 4.69. The van der Waals surface area contributed by atoms with Crippen molar-refractivity contribution in [3.8, 4) is 0 Å². The fraction of sp³-hybridized carbons (Fsp3) is 0.500. The summed E-state index contributed by atoms with van der Waals surface area (Å²) >= 11 is 15.3. The monoisotopic (exact) mass is 453 g/mol. The number of halogens is 3. The van der Waals surface area contributed by atoms with Crippen molar-refractivity contribution < 1.29 is 0 Å². The molecule has 2 aromatic heterocycles. The molecule has 0 saturated carbocycles. The zero-order valence-electron chi connectivity index (χ0n) is 12.2. The molecule has 0 aliphatic carbocycles. The highest BCUT2D eigenvalue weighted by Gasteiger charge is 2.21. The van der Waals surface area contributed by atoms with E-state index in [-0.39, 0.29) is 6.04 Å². The van der Waals surface area contributed by atoms with E-state index in [2.05, 4.69) is 62.2 Å². The summed E-state index contributed by atoms with van der Waals surface area (Å²) in [5, 5.41) is 8.79. The van der Waals surface area contributed by atoms with Gasteiger partial charge in [-0.05, 0) is 58.3 Å². The lowest BCUT2D eigenvalue weighted by atomic mass is 10.1. The molecule has 1 unspecified atom stereocenters. The van der Waals surface area contributed by atoms with Crippen molar-refractivity contribution >= 4 is 54.8 Å². The van der Waals surface area contributed by atoms with E-state index in [1.54, 1.807) is 11.3 Å². The molecule has 7 heteroatoms. The number of aromatic nitrogens is 2. The van der Waals surface area contributed by atoms with Gasteiger partial charge in [0.2, 0.25) is 0 Å². The maximum absolute atomic E-state index is 6.51. The average Bonchev–Trinajstić information content (AvgIpc) is 2.96. The van der Waals surface area contributed by atoms with Gasteiger partial charge in [-0.1, -0.05) is 18.5 Å². The van der Waals surface area contributed by atoms with E-state index < -0.39 is 0 Å². The topological polar surface area (TPSA) is 29.9 Å². The molecule has 0 aliphatic rings. The van der Waals surface area contributed by atoms with Gasteiger partial charge in [0.25, 0.3) is 0 Å². The van der Waals surface area contributed by atoms with Crippen molar-refractivity contribution in [2.45, 2.75) is 39.3 Å². The van der Waals surface area contributed by atoms with Crippen molar-refractivity contribution in [2.75, 3.05) is 7.05 Å². The second-order valence-corrected chi connectivity index (χ2v) is 8.33. The molecule has 0 bridgehead atoms. The van der Waals surface area contributed by atoms with Crippen LogP contribution < -0.4 is 5.32 Å². The van der Waals surface area contributed by atoms with E-state index in [9.17, 15) is 0 Å². The summed E-state index contributed by atoms with van der Waals surface area (Å²) in [5.74, 6) is 0. The molecule has 2 heterocycles. The fourth-order valence-corrected chi connectivity index (χ4v) is 4.83. The smallest absolute Gasteiger partial charge is 0.0850 e. The first-order chi connectivity index (χ1) is 10.0. The lowest BCUT2D eigenvalue weighted by Gasteiger charge is -2.15. The van der Waals surface area contributed by atoms with Crippen LogP contribution in [-0.2, 0) is 19.4 Å². The zero-order chi connectivity index (χ0) is 15.6. The van der Waals surface area contributed by atoms with Crippen LogP contribution >= 0.6 is 54.8 Å². The number of aryl methyl sites for hydroxylation is 2. The van der Waals surface area contributed by atoms with Crippen molar-refractivity contribution in [3.05, 3.63) is 35.6 Å². The van der Waals surface area contributed by atoms with Crippen molar-refractivity contribution in [3.63, 3.8) is 0 Å². The third-order valence-corrected chi connectivity index (χ3v) is 7.25. The number of likely N-dealkylation sites (N-methyl/N-ethyl adjacent to an activating group) is 1. The van der Waals surface area contributed by atoms with Gasteiger partial charge in [-0.25, -0.2) is 0 Å². The van der Waals surface area contributed by atoms with Crippen LogP contribution in [0.4, 0.5) is 0 Å². The summed E-state index contributed by atoms with van der Waals surface area (Å²) in [6.07, 6.45) is 1.69. The Bertz CT molecular complexity index is 605. The largest absolute Gasteiger partial charge is 0.312 e. The Labute approximate surface area is 151 Å². The zero-order valence-corrected chi connectivity index (χ0v) is 17.0. The summed E-state index contributed by atoms with van der Waals surface area (Å²) in [5.41, 5.74) is 2.09. The molecule has 0 fully saturated rings. The lowest BCUT2D eigenvalue weighted by molar-refractivity contribution is 0.546. The lowest BCUT2D eigenvalue weighted by Crippen LogP contribution is -2.19. The fourth-order valence-electron chi connectivity index (χ4n) is 2.29. The number of rotatable bonds is 6. The summed E-state index contributed by atoms with van der Waals surface area (Å²) in [4.78, 5) is 1.27. The minimum atomic E-state index is 0.224. The first-order valence-corrected chi connectivity index (χ1v) is 9.65. The molecule has 1 N–H and O–H groups in total. The van der Waals surface area contributed by atoms with E-state index in [0.717, 1.165) is 44.1 Å². The maximum atomic E-state index is 6.51. The highest BCUT2D eigenvalue weighted by Crippen LogP contribution is 2.37. The molecule has 116 valence electrons. The van der Waals surface area contributed by atoms with Crippen LogP contribution in [0.5, 0.6) is 0 Å². The van der Waals surface area contributed by atoms with Crippen molar-refractivity contribution in [1.29, 1.82) is 0 Å². The van der Waals surface area contributed by atoms with Crippen LogP contribution in [0, 0.1) is 0 Å². The molecular formula is C14H18Br2ClN3S. The summed E-state index contributed by atoms with van der Waals surface area (Å²) < 4.78 is 4.22. The highest BCUT2D eigenvalue weighted by atomic mass is 79.9. The SMILES string of the molecule is CCc1nn(CC)c(CC(NC)c2cc(Br)c(Br)s2)c1Cl. The molecule has 3 nitrogen and oxygen atoms in total. The Morgan fingerprint density at radius 2 is 2.14 bits per heavy atom. The quantitative estimate of drug-likeness (QED) is 0.648. The normalized spacial score (nSPS) is 12.9. The molecule has 21 heavy (non-hydrogen) atoms. The molecule has 0 aliphatic heterocycles. The highest BCUT2D eigenvalue weighted by molar-refractivity contribution is 9.13. The van der Waals surface area contributed by atoms with Crippen LogP contribution in [-0.4, -0.2) is 16.8 Å². The Morgan fingerprint density at radius 1 is 1.43 bits per heavy atom. The first-order valence-electron chi connectivity index (χ1n) is 6.87. The van der Waals surface area contributed by atoms with Gasteiger partial charge in [0.1, 0.15) is 0 Å². The molecule has 0 aromatic carbocycles. The van der Waals surface area contributed by atoms with Gasteiger partial charge in [0.15, 0.2) is 0 Å². The van der Waals surface area contributed by atoms with E-state index >= 15 is 0 Å². The van der Waals surface area contributed by atoms with Gasteiger partial charge in [0.05, 0.1) is 20.2 Å². The number of nitrogens with one attached hydrogen (secondary N) is 1. The van der Waals surface area contributed by atoms with E-state index in [4.69, 9.17) is 11.6 Å². The van der Waals surface area contributed by atoms with Crippen LogP contribution in [0.1, 0.15) is 36.2 Å². The number of hydrogen-bond donors (Lipinski definition) is 1. The van der Waals surface area contributed by atoms with Crippen LogP contribution in [0.2, 0.25) is 5.02 Å². The number of thiophene rings is 1. The standard InChI is InChI=1S/C14H18Br2ClN3S/c1-4-9-13(17)11(20(5-2)19-9)7-10(18-3)12-6-8(15)14(16)21-12/h6,10,18H,4-5,7H2,1-3H3. The minimum Gasteiger partial charge on any atom is -0.312 e. The third-order valence-electron chi connectivity index (χ3n) is 3.45. The molecule has 2 aromatic rings. The Balaban J connectivity index is 2.32. The number of hydrogen-bond acceptors (Lipinski definition) is 3. The molecule has 0 radical (unpaired) electrons. The average molecular weight is 456 g/mol. The summed E-state index contributed by atoms with van der Waals surface area (Å²) in [7, 11) is 1.98. The van der Waals surface area contributed by atoms with Gasteiger partial charge in [0, 0.05) is 28.4 Å². The van der Waals surface area contributed by atoms with Crippen molar-refractivity contribution in [1.82, 2.24) is 15.1 Å². The van der Waals surface area contributed by atoms with Crippen LogP contribution in [0.25, 0.3) is 0 Å². The maximum Gasteiger partial charge on any atom is 0.0850 e. The van der Waals surface area contributed by atoms with E-state index in [0.29, 0.717) is 0 Å². The second kappa shape index (κ2) is 7.59. The van der Waals surface area contributed by atoms with Crippen LogP contribution in [0.15, 0.2) is 14.3 Å². The van der Waals surface area contributed by atoms with Crippen molar-refractivity contribution in [2.24, 2.45) is 0 Å². The molecule has 2 rings (SSSR count). The third kappa shape index (κ3) is 3.72. The molecular weight excluding hydrogens is 438 g/mol. The van der Waals surface area contributed by atoms with Gasteiger partial charge < -0.3 is 5.32 Å². The van der Waals surface area contributed by atoms with Crippen LogP contribution in [0.3, 0.4) is 0 Å². The van der Waals surface area contributed by atoms with E-state index in [1.165, 1.54) is 4.88 Å². The Morgan fingerprint density at radius 3 is 2.62 bits per heavy atom. The summed E-state index contributed by atoms with van der Waals surface area (Å²) in [6.45, 7) is 5.02. The van der Waals surface area contributed by atoms with E-state index in [1.807, 2.05) is 11.7 Å². The molecule has 0 spiro atoms.